The summed E-state index contributed by atoms with van der Waals surface area (Å²) < 4.78 is 72.4. The van der Waals surface area contributed by atoms with E-state index in [0.717, 1.165) is 24.3 Å². The lowest BCUT2D eigenvalue weighted by atomic mass is 10.2. The molecule has 7 nitrogen and oxygen atoms in total. The highest BCUT2D eigenvalue weighted by molar-refractivity contribution is 7.96. The summed E-state index contributed by atoms with van der Waals surface area (Å²) in [6.45, 7) is 0.141. The van der Waals surface area contributed by atoms with Crippen LogP contribution in [-0.2, 0) is 29.1 Å². The fourth-order valence-corrected chi connectivity index (χ4v) is 7.34. The molecule has 0 aromatic heterocycles. The van der Waals surface area contributed by atoms with Crippen molar-refractivity contribution in [1.82, 2.24) is 5.32 Å². The Labute approximate surface area is 141 Å². The zero-order chi connectivity index (χ0) is 18.0. The van der Waals surface area contributed by atoms with Crippen LogP contribution in [0.3, 0.4) is 0 Å². The molecule has 24 heavy (non-hydrogen) atoms. The monoisotopic (exact) mass is 381 g/mol. The molecule has 1 heterocycles. The molecule has 0 saturated carbocycles. The average Bonchev–Trinajstić information content (AvgIpc) is 2.84. The van der Waals surface area contributed by atoms with Crippen LogP contribution < -0.4 is 5.32 Å². The Bertz CT molecular complexity index is 759. The van der Waals surface area contributed by atoms with Gasteiger partial charge >= 0.3 is 0 Å². The molecule has 136 valence electrons. The molecule has 1 N–H and O–H groups in total. The van der Waals surface area contributed by atoms with Crippen LogP contribution in [0.1, 0.15) is 0 Å². The lowest BCUT2D eigenvalue weighted by Crippen LogP contribution is -2.46. The van der Waals surface area contributed by atoms with E-state index in [9.17, 15) is 21.2 Å². The van der Waals surface area contributed by atoms with Gasteiger partial charge < -0.3 is 14.8 Å². The Kier molecular flexibility index (Phi) is 5.97. The second kappa shape index (κ2) is 7.44. The van der Waals surface area contributed by atoms with Crippen LogP contribution >= 0.6 is 0 Å². The molecular weight excluding hydrogens is 361 g/mol. The van der Waals surface area contributed by atoms with Gasteiger partial charge in [0.1, 0.15) is 5.82 Å². The predicted octanol–water partition coefficient (Wildman–Crippen LogP) is -0.0265. The molecule has 2 atom stereocenters. The van der Waals surface area contributed by atoms with Gasteiger partial charge in [-0.3, -0.25) is 0 Å². The molecule has 0 radical (unpaired) electrons. The van der Waals surface area contributed by atoms with Gasteiger partial charge in [0.25, 0.3) is 0 Å². The normalized spacial score (nSPS) is 23.7. The second-order valence-corrected chi connectivity index (χ2v) is 9.85. The third kappa shape index (κ3) is 4.31. The minimum Gasteiger partial charge on any atom is -0.355 e. The Morgan fingerprint density at radius 3 is 2.33 bits per heavy atom. The van der Waals surface area contributed by atoms with E-state index in [4.69, 9.17) is 9.47 Å². The van der Waals surface area contributed by atoms with Gasteiger partial charge in [-0.05, 0) is 24.3 Å². The Morgan fingerprint density at radius 1 is 1.21 bits per heavy atom. The van der Waals surface area contributed by atoms with E-state index in [1.54, 1.807) is 0 Å². The first-order valence-electron chi connectivity index (χ1n) is 7.18. The zero-order valence-corrected chi connectivity index (χ0v) is 14.9. The van der Waals surface area contributed by atoms with Gasteiger partial charge in [-0.25, -0.2) is 21.2 Å². The van der Waals surface area contributed by atoms with Gasteiger partial charge in [-0.15, -0.1) is 0 Å². The first-order chi connectivity index (χ1) is 11.2. The van der Waals surface area contributed by atoms with Crippen molar-refractivity contribution in [3.63, 3.8) is 0 Å². The molecule has 1 aliphatic rings. The maximum Gasteiger partial charge on any atom is 0.183 e. The first kappa shape index (κ1) is 19.3. The summed E-state index contributed by atoms with van der Waals surface area (Å²) in [6, 6.07) is 3.55. The van der Waals surface area contributed by atoms with Crippen molar-refractivity contribution in [1.29, 1.82) is 0 Å². The SMILES string of the molecule is COC(CN[C@@H]1CS(=O)(=O)C[C@H]1S(=O)(=O)c1ccc(F)cc1)OC. The smallest absolute Gasteiger partial charge is 0.183 e. The summed E-state index contributed by atoms with van der Waals surface area (Å²) in [4.78, 5) is -0.104. The first-order valence-corrected chi connectivity index (χ1v) is 10.6. The molecule has 1 aliphatic heterocycles. The van der Waals surface area contributed by atoms with Crippen LogP contribution in [0.2, 0.25) is 0 Å². The highest BCUT2D eigenvalue weighted by atomic mass is 32.2. The van der Waals surface area contributed by atoms with Crippen molar-refractivity contribution in [3.05, 3.63) is 30.1 Å². The number of hydrogen-bond donors (Lipinski definition) is 1. The maximum absolute atomic E-state index is 13.0. The Balaban J connectivity index is 2.25. The molecule has 0 bridgehead atoms. The van der Waals surface area contributed by atoms with E-state index in [0.29, 0.717) is 0 Å². The average molecular weight is 381 g/mol. The Hall–Kier alpha value is -1.07. The van der Waals surface area contributed by atoms with Gasteiger partial charge in [0.15, 0.2) is 26.0 Å². The molecule has 10 heteroatoms. The maximum atomic E-state index is 13.0. The number of sulfone groups is 2. The third-order valence-corrected chi connectivity index (χ3v) is 8.08. The zero-order valence-electron chi connectivity index (χ0n) is 13.3. The van der Waals surface area contributed by atoms with Gasteiger partial charge in [-0.2, -0.15) is 0 Å². The summed E-state index contributed by atoms with van der Waals surface area (Å²) in [5.41, 5.74) is 0. The molecule has 1 fully saturated rings. The summed E-state index contributed by atoms with van der Waals surface area (Å²) >= 11 is 0. The summed E-state index contributed by atoms with van der Waals surface area (Å²) in [6.07, 6.45) is -0.623. The van der Waals surface area contributed by atoms with Gasteiger partial charge in [0.05, 0.1) is 21.7 Å². The Morgan fingerprint density at radius 2 is 1.79 bits per heavy atom. The van der Waals surface area contributed by atoms with E-state index in [1.165, 1.54) is 14.2 Å². The van der Waals surface area contributed by atoms with Crippen LogP contribution in [0.5, 0.6) is 0 Å². The van der Waals surface area contributed by atoms with Crippen LogP contribution in [0.4, 0.5) is 4.39 Å². The van der Waals surface area contributed by atoms with Gasteiger partial charge in [-0.1, -0.05) is 0 Å². The molecular formula is C14H20FNO6S2. The fourth-order valence-electron chi connectivity index (χ4n) is 2.62. The van der Waals surface area contributed by atoms with E-state index < -0.39 is 48.8 Å². The van der Waals surface area contributed by atoms with Crippen LogP contribution in [0.25, 0.3) is 0 Å². The van der Waals surface area contributed by atoms with E-state index in [2.05, 4.69) is 5.32 Å². The molecule has 0 unspecified atom stereocenters. The number of hydrogen-bond acceptors (Lipinski definition) is 7. The third-order valence-electron chi connectivity index (χ3n) is 3.91. The van der Waals surface area contributed by atoms with Crippen molar-refractivity contribution in [2.75, 3.05) is 32.3 Å². The fraction of sp³-hybridized carbons (Fsp3) is 0.571. The standard InChI is InChI=1S/C14H20FNO6S2/c1-21-14(22-2)7-16-12-8-23(17,18)9-13(12)24(19,20)11-5-3-10(15)4-6-11/h3-6,12-14,16H,7-9H2,1-2H3/t12-,13-/m1/s1. The van der Waals surface area contributed by atoms with Crippen LogP contribution in [0.15, 0.2) is 29.2 Å². The number of ether oxygens (including phenoxy) is 2. The van der Waals surface area contributed by atoms with Gasteiger partial charge in [0, 0.05) is 26.8 Å². The minimum absolute atomic E-state index is 0.104. The number of rotatable bonds is 7. The highest BCUT2D eigenvalue weighted by Crippen LogP contribution is 2.26. The van der Waals surface area contributed by atoms with Gasteiger partial charge in [0.2, 0.25) is 0 Å². The molecule has 0 amide bonds. The van der Waals surface area contributed by atoms with Crippen molar-refractivity contribution < 1.29 is 30.7 Å². The number of benzene rings is 1. The minimum atomic E-state index is -3.93. The van der Waals surface area contributed by atoms with Crippen molar-refractivity contribution >= 4 is 19.7 Å². The van der Waals surface area contributed by atoms with Crippen LogP contribution in [0, 0.1) is 5.82 Å². The molecule has 2 rings (SSSR count). The highest BCUT2D eigenvalue weighted by Gasteiger charge is 2.45. The summed E-state index contributed by atoms with van der Waals surface area (Å²) in [7, 11) is -4.58. The molecule has 0 aliphatic carbocycles. The molecule has 1 saturated heterocycles. The summed E-state index contributed by atoms with van der Waals surface area (Å²) in [5.74, 6) is -1.33. The predicted molar refractivity (Wildman–Crippen MR) is 85.6 cm³/mol. The number of nitrogens with one attached hydrogen (secondary N) is 1. The van der Waals surface area contributed by atoms with E-state index >= 15 is 0 Å². The molecule has 1 aromatic rings. The van der Waals surface area contributed by atoms with E-state index in [1.807, 2.05) is 0 Å². The quantitative estimate of drug-likeness (QED) is 0.523. The van der Waals surface area contributed by atoms with Crippen molar-refractivity contribution in [3.8, 4) is 0 Å². The largest absolute Gasteiger partial charge is 0.355 e. The van der Waals surface area contributed by atoms with Crippen LogP contribution in [-0.4, -0.2) is 66.7 Å². The number of methoxy groups -OCH3 is 2. The van der Waals surface area contributed by atoms with Crippen molar-refractivity contribution in [2.45, 2.75) is 22.5 Å². The van der Waals surface area contributed by atoms with E-state index in [-0.39, 0.29) is 17.2 Å². The molecule has 1 aromatic carbocycles. The summed E-state index contributed by atoms with van der Waals surface area (Å²) in [5, 5.41) is 1.74. The topological polar surface area (TPSA) is 98.8 Å². The second-order valence-electron chi connectivity index (χ2n) is 5.53. The lowest BCUT2D eigenvalue weighted by Gasteiger charge is -2.22. The lowest BCUT2D eigenvalue weighted by molar-refractivity contribution is -0.0995. The molecule has 0 spiro atoms. The van der Waals surface area contributed by atoms with Crippen molar-refractivity contribution in [2.24, 2.45) is 0 Å². The number of halogens is 1.